The third kappa shape index (κ3) is 4.39. The van der Waals surface area contributed by atoms with E-state index in [1.165, 1.54) is 19.8 Å². The van der Waals surface area contributed by atoms with Crippen LogP contribution in [0.3, 0.4) is 0 Å². The van der Waals surface area contributed by atoms with E-state index in [0.717, 1.165) is 12.4 Å². The Morgan fingerprint density at radius 3 is 2.96 bits per heavy atom. The Balaban J connectivity index is 1.42. The van der Waals surface area contributed by atoms with Crippen LogP contribution in [0.15, 0.2) is 33.2 Å². The van der Waals surface area contributed by atoms with Gasteiger partial charge in [0.1, 0.15) is 17.9 Å². The van der Waals surface area contributed by atoms with Crippen molar-refractivity contribution >= 4 is 17.0 Å². The fourth-order valence-electron chi connectivity index (χ4n) is 2.63. The van der Waals surface area contributed by atoms with Crippen molar-refractivity contribution in [2.75, 3.05) is 13.2 Å². The summed E-state index contributed by atoms with van der Waals surface area (Å²) in [6.45, 7) is 4.32. The summed E-state index contributed by atoms with van der Waals surface area (Å²) < 4.78 is 22.3. The van der Waals surface area contributed by atoms with Gasteiger partial charge in [0.2, 0.25) is 11.7 Å². The number of hydrogen-bond donors (Lipinski definition) is 1. The number of nitrogens with zero attached hydrogens (tertiary/aromatic N) is 2. The molecule has 1 atom stereocenters. The second-order valence-electron chi connectivity index (χ2n) is 6.84. The number of benzene rings is 1. The van der Waals surface area contributed by atoms with E-state index in [0.29, 0.717) is 34.5 Å². The summed E-state index contributed by atoms with van der Waals surface area (Å²) in [4.78, 5) is 15.5. The quantitative estimate of drug-likeness (QED) is 0.649. The van der Waals surface area contributed by atoms with Crippen molar-refractivity contribution in [3.05, 3.63) is 24.3 Å². The van der Waals surface area contributed by atoms with Gasteiger partial charge in [-0.2, -0.15) is 0 Å². The fraction of sp³-hybridized carbons (Fsp3) is 0.421. The maximum atomic E-state index is 11.0. The molecule has 27 heavy (non-hydrogen) atoms. The molecule has 0 saturated heterocycles. The van der Waals surface area contributed by atoms with E-state index in [1.54, 1.807) is 6.07 Å². The third-order valence-electron chi connectivity index (χ3n) is 4.17. The van der Waals surface area contributed by atoms with Gasteiger partial charge in [-0.25, -0.2) is 4.98 Å². The van der Waals surface area contributed by atoms with Gasteiger partial charge in [0.05, 0.1) is 18.7 Å². The molecule has 1 aliphatic carbocycles. The minimum atomic E-state index is -0.138. The molecule has 0 bridgehead atoms. The van der Waals surface area contributed by atoms with Crippen LogP contribution in [0.4, 0.5) is 0 Å². The smallest absolute Gasteiger partial charge is 0.267 e. The Labute approximate surface area is 155 Å². The fourth-order valence-corrected chi connectivity index (χ4v) is 2.63. The van der Waals surface area contributed by atoms with Crippen LogP contribution in [0, 0.1) is 5.92 Å². The van der Waals surface area contributed by atoms with Crippen molar-refractivity contribution < 1.29 is 23.2 Å². The second-order valence-corrected chi connectivity index (χ2v) is 6.84. The van der Waals surface area contributed by atoms with Crippen molar-refractivity contribution in [1.82, 2.24) is 15.5 Å². The van der Waals surface area contributed by atoms with Crippen molar-refractivity contribution in [3.8, 4) is 23.3 Å². The molecular weight excluding hydrogens is 350 g/mol. The first kappa shape index (κ1) is 17.4. The molecule has 0 spiro atoms. The lowest BCUT2D eigenvalue weighted by Crippen LogP contribution is -2.35. The van der Waals surface area contributed by atoms with Gasteiger partial charge in [0, 0.05) is 13.0 Å². The van der Waals surface area contributed by atoms with E-state index in [-0.39, 0.29) is 18.6 Å². The molecule has 2 heterocycles. The highest BCUT2D eigenvalue weighted by Gasteiger charge is 2.22. The maximum Gasteiger partial charge on any atom is 0.267 e. The Bertz CT molecular complexity index is 944. The van der Waals surface area contributed by atoms with Crippen molar-refractivity contribution in [3.63, 3.8) is 0 Å². The average molecular weight is 371 g/mol. The molecule has 0 aliphatic heterocycles. The monoisotopic (exact) mass is 371 g/mol. The second kappa shape index (κ2) is 7.30. The van der Waals surface area contributed by atoms with Crippen LogP contribution in [0.1, 0.15) is 26.7 Å². The highest BCUT2D eigenvalue weighted by molar-refractivity contribution is 5.77. The number of amides is 1. The largest absolute Gasteiger partial charge is 0.493 e. The molecule has 8 heteroatoms. The summed E-state index contributed by atoms with van der Waals surface area (Å²) in [5.41, 5.74) is 1.33. The zero-order chi connectivity index (χ0) is 18.8. The van der Waals surface area contributed by atoms with Crippen LogP contribution in [-0.4, -0.2) is 35.3 Å². The summed E-state index contributed by atoms with van der Waals surface area (Å²) in [6.07, 6.45) is 2.49. The van der Waals surface area contributed by atoms with E-state index in [4.69, 9.17) is 18.4 Å². The molecule has 1 amide bonds. The lowest BCUT2D eigenvalue weighted by molar-refractivity contribution is -0.119. The molecule has 1 aromatic carbocycles. The zero-order valence-corrected chi connectivity index (χ0v) is 15.2. The number of oxazole rings is 1. The van der Waals surface area contributed by atoms with Crippen LogP contribution in [0.2, 0.25) is 0 Å². The topological polar surface area (TPSA) is 99.6 Å². The molecule has 1 saturated carbocycles. The predicted octanol–water partition coefficient (Wildman–Crippen LogP) is 3.18. The normalized spacial score (nSPS) is 14.9. The number of nitrogens with one attached hydrogen (secondary N) is 1. The van der Waals surface area contributed by atoms with Gasteiger partial charge in [0.15, 0.2) is 5.58 Å². The summed E-state index contributed by atoms with van der Waals surface area (Å²) in [6, 6.07) is 7.03. The average Bonchev–Trinajstić information content (AvgIpc) is 3.17. The molecule has 4 rings (SSSR count). The van der Waals surface area contributed by atoms with Gasteiger partial charge in [-0.05, 0) is 43.0 Å². The van der Waals surface area contributed by atoms with Crippen LogP contribution >= 0.6 is 0 Å². The standard InChI is InChI=1S/C19H21N3O5/c1-11(20-12(2)23)9-25-18-8-17(27-22-18)19-21-15-7-14(5-6-16(15)26-19)24-10-13-3-4-13/h5-8,11,13H,3-4,9-10H2,1-2H3,(H,20,23). The number of aromatic nitrogens is 2. The molecule has 1 unspecified atom stereocenters. The van der Waals surface area contributed by atoms with Crippen molar-refractivity contribution in [2.45, 2.75) is 32.7 Å². The predicted molar refractivity (Wildman–Crippen MR) is 96.5 cm³/mol. The first-order valence-electron chi connectivity index (χ1n) is 8.97. The van der Waals surface area contributed by atoms with Gasteiger partial charge in [-0.15, -0.1) is 0 Å². The summed E-state index contributed by atoms with van der Waals surface area (Å²) in [5.74, 6) is 2.35. The number of hydrogen-bond acceptors (Lipinski definition) is 7. The molecular formula is C19H21N3O5. The Kier molecular flexibility index (Phi) is 4.70. The molecule has 1 aliphatic rings. The Morgan fingerprint density at radius 1 is 1.33 bits per heavy atom. The molecule has 142 valence electrons. The van der Waals surface area contributed by atoms with Crippen molar-refractivity contribution in [1.29, 1.82) is 0 Å². The summed E-state index contributed by atoms with van der Waals surface area (Å²) in [7, 11) is 0. The highest BCUT2D eigenvalue weighted by atomic mass is 16.5. The SMILES string of the molecule is CC(=O)NC(C)COc1cc(-c2nc3cc(OCC4CC4)ccc3o2)on1. The molecule has 0 radical (unpaired) electrons. The minimum Gasteiger partial charge on any atom is -0.493 e. The van der Waals surface area contributed by atoms with Crippen LogP contribution < -0.4 is 14.8 Å². The molecule has 8 nitrogen and oxygen atoms in total. The van der Waals surface area contributed by atoms with Crippen LogP contribution in [0.5, 0.6) is 11.6 Å². The van der Waals surface area contributed by atoms with Crippen molar-refractivity contribution in [2.24, 2.45) is 5.92 Å². The number of rotatable bonds is 8. The van der Waals surface area contributed by atoms with E-state index in [2.05, 4.69) is 15.5 Å². The molecule has 2 aromatic heterocycles. The van der Waals surface area contributed by atoms with Crippen LogP contribution in [0.25, 0.3) is 22.8 Å². The number of carbonyl (C=O) groups is 1. The molecule has 3 aromatic rings. The van der Waals surface area contributed by atoms with Gasteiger partial charge < -0.3 is 23.7 Å². The lowest BCUT2D eigenvalue weighted by atomic mass is 10.3. The number of ether oxygens (including phenoxy) is 2. The summed E-state index contributed by atoms with van der Waals surface area (Å²) in [5, 5.41) is 6.58. The lowest BCUT2D eigenvalue weighted by Gasteiger charge is -2.11. The van der Waals surface area contributed by atoms with Crippen LogP contribution in [-0.2, 0) is 4.79 Å². The first-order valence-corrected chi connectivity index (χ1v) is 8.97. The molecule has 1 N–H and O–H groups in total. The van der Waals surface area contributed by atoms with Gasteiger partial charge in [-0.3, -0.25) is 4.79 Å². The maximum absolute atomic E-state index is 11.0. The van der Waals surface area contributed by atoms with E-state index in [1.807, 2.05) is 25.1 Å². The number of fused-ring (bicyclic) bond motifs is 1. The minimum absolute atomic E-state index is 0.112. The van der Waals surface area contributed by atoms with Gasteiger partial charge in [0.25, 0.3) is 11.8 Å². The third-order valence-corrected chi connectivity index (χ3v) is 4.17. The van der Waals surface area contributed by atoms with E-state index in [9.17, 15) is 4.79 Å². The van der Waals surface area contributed by atoms with E-state index < -0.39 is 0 Å². The first-order chi connectivity index (χ1) is 13.1. The number of carbonyl (C=O) groups excluding carboxylic acids is 1. The Hall–Kier alpha value is -3.03. The van der Waals surface area contributed by atoms with E-state index >= 15 is 0 Å². The van der Waals surface area contributed by atoms with Gasteiger partial charge >= 0.3 is 0 Å². The summed E-state index contributed by atoms with van der Waals surface area (Å²) >= 11 is 0. The highest BCUT2D eigenvalue weighted by Crippen LogP contribution is 2.31. The zero-order valence-electron chi connectivity index (χ0n) is 15.2. The molecule has 1 fully saturated rings. The van der Waals surface area contributed by atoms with Gasteiger partial charge in [-0.1, -0.05) is 0 Å². The Morgan fingerprint density at radius 2 is 2.19 bits per heavy atom.